The standard InChI is InChI=1S/C15H18O2/c1-9-6-11(15(3,4)5)8-13-12(9)7-10(2)14(16)17-13/h6-8H,1-5H3. The number of benzene rings is 1. The van der Waals surface area contributed by atoms with Crippen molar-refractivity contribution in [1.29, 1.82) is 0 Å². The van der Waals surface area contributed by atoms with Gasteiger partial charge in [-0.2, -0.15) is 0 Å². The maximum absolute atomic E-state index is 11.5. The molecule has 0 aliphatic carbocycles. The summed E-state index contributed by atoms with van der Waals surface area (Å²) in [5, 5.41) is 1.02. The molecule has 1 aromatic heterocycles. The summed E-state index contributed by atoms with van der Waals surface area (Å²) in [6.45, 7) is 10.3. The van der Waals surface area contributed by atoms with Crippen molar-refractivity contribution in [2.45, 2.75) is 40.0 Å². The molecule has 2 heteroatoms. The van der Waals surface area contributed by atoms with Crippen molar-refractivity contribution in [3.8, 4) is 0 Å². The predicted octanol–water partition coefficient (Wildman–Crippen LogP) is 3.71. The summed E-state index contributed by atoms with van der Waals surface area (Å²) in [7, 11) is 0. The molecule has 0 atom stereocenters. The first-order valence-electron chi connectivity index (χ1n) is 5.84. The van der Waals surface area contributed by atoms with Gasteiger partial charge in [0.2, 0.25) is 0 Å². The van der Waals surface area contributed by atoms with E-state index in [1.165, 1.54) is 5.56 Å². The summed E-state index contributed by atoms with van der Waals surface area (Å²) in [4.78, 5) is 11.5. The Morgan fingerprint density at radius 3 is 2.24 bits per heavy atom. The molecule has 0 fully saturated rings. The van der Waals surface area contributed by atoms with Crippen molar-refractivity contribution in [3.05, 3.63) is 45.3 Å². The topological polar surface area (TPSA) is 30.2 Å². The molecule has 0 aliphatic rings. The number of hydrogen-bond acceptors (Lipinski definition) is 2. The van der Waals surface area contributed by atoms with Gasteiger partial charge in [0, 0.05) is 10.9 Å². The summed E-state index contributed by atoms with van der Waals surface area (Å²) in [6, 6.07) is 6.05. The fourth-order valence-electron chi connectivity index (χ4n) is 1.92. The Morgan fingerprint density at radius 1 is 1.00 bits per heavy atom. The molecule has 1 heterocycles. The SMILES string of the molecule is Cc1cc2c(C)cc(C(C)(C)C)cc2oc1=O. The van der Waals surface area contributed by atoms with Crippen LogP contribution in [-0.4, -0.2) is 0 Å². The molecule has 0 saturated carbocycles. The van der Waals surface area contributed by atoms with Crippen LogP contribution in [-0.2, 0) is 5.41 Å². The molecular formula is C15H18O2. The number of hydrogen-bond donors (Lipinski definition) is 0. The van der Waals surface area contributed by atoms with Gasteiger partial charge >= 0.3 is 5.63 Å². The lowest BCUT2D eigenvalue weighted by Gasteiger charge is -2.20. The minimum absolute atomic E-state index is 0.0579. The smallest absolute Gasteiger partial charge is 0.339 e. The lowest BCUT2D eigenvalue weighted by atomic mass is 9.85. The maximum Gasteiger partial charge on any atom is 0.339 e. The van der Waals surface area contributed by atoms with Gasteiger partial charge in [0.25, 0.3) is 0 Å². The molecule has 0 aliphatic heterocycles. The second kappa shape index (κ2) is 3.73. The zero-order valence-corrected chi connectivity index (χ0v) is 11.0. The molecular weight excluding hydrogens is 212 g/mol. The van der Waals surface area contributed by atoms with E-state index in [2.05, 4.69) is 33.8 Å². The van der Waals surface area contributed by atoms with E-state index in [1.807, 2.05) is 12.1 Å². The summed E-state index contributed by atoms with van der Waals surface area (Å²) < 4.78 is 5.35. The molecule has 1 aromatic carbocycles. The van der Waals surface area contributed by atoms with E-state index in [1.54, 1.807) is 6.92 Å². The molecule has 2 rings (SSSR count). The van der Waals surface area contributed by atoms with Crippen molar-refractivity contribution < 1.29 is 4.42 Å². The van der Waals surface area contributed by atoms with Crippen LogP contribution < -0.4 is 5.63 Å². The van der Waals surface area contributed by atoms with Crippen molar-refractivity contribution in [2.75, 3.05) is 0 Å². The van der Waals surface area contributed by atoms with E-state index in [9.17, 15) is 4.79 Å². The van der Waals surface area contributed by atoms with Crippen LogP contribution >= 0.6 is 0 Å². The molecule has 0 spiro atoms. The lowest BCUT2D eigenvalue weighted by Crippen LogP contribution is -2.12. The molecule has 0 N–H and O–H groups in total. The van der Waals surface area contributed by atoms with Crippen LogP contribution in [0.25, 0.3) is 11.0 Å². The molecule has 0 amide bonds. The van der Waals surface area contributed by atoms with Crippen molar-refractivity contribution >= 4 is 11.0 Å². The number of aryl methyl sites for hydroxylation is 2. The second-order valence-corrected chi connectivity index (χ2v) is 5.67. The average Bonchev–Trinajstić information content (AvgIpc) is 2.19. The summed E-state index contributed by atoms with van der Waals surface area (Å²) in [5.74, 6) is 0. The van der Waals surface area contributed by atoms with Crippen molar-refractivity contribution in [1.82, 2.24) is 0 Å². The lowest BCUT2D eigenvalue weighted by molar-refractivity contribution is 0.548. The third-order valence-corrected chi connectivity index (χ3v) is 3.10. The maximum atomic E-state index is 11.5. The van der Waals surface area contributed by atoms with Gasteiger partial charge in [-0.25, -0.2) is 4.79 Å². The zero-order chi connectivity index (χ0) is 12.8. The third-order valence-electron chi connectivity index (χ3n) is 3.10. The highest BCUT2D eigenvalue weighted by atomic mass is 16.4. The van der Waals surface area contributed by atoms with E-state index in [0.717, 1.165) is 10.9 Å². The first-order chi connectivity index (χ1) is 7.79. The normalized spacial score (nSPS) is 12.1. The Balaban J connectivity index is 2.83. The Bertz CT molecular complexity index is 628. The summed E-state index contributed by atoms with van der Waals surface area (Å²) in [5.41, 5.74) is 3.49. The van der Waals surface area contributed by atoms with Crippen LogP contribution in [0.5, 0.6) is 0 Å². The highest BCUT2D eigenvalue weighted by Crippen LogP contribution is 2.28. The quantitative estimate of drug-likeness (QED) is 0.646. The van der Waals surface area contributed by atoms with E-state index >= 15 is 0 Å². The largest absolute Gasteiger partial charge is 0.423 e. The van der Waals surface area contributed by atoms with E-state index in [0.29, 0.717) is 11.1 Å². The molecule has 0 unspecified atom stereocenters. The average molecular weight is 230 g/mol. The number of fused-ring (bicyclic) bond motifs is 1. The second-order valence-electron chi connectivity index (χ2n) is 5.67. The van der Waals surface area contributed by atoms with E-state index in [-0.39, 0.29) is 11.0 Å². The minimum atomic E-state index is -0.247. The van der Waals surface area contributed by atoms with Gasteiger partial charge in [0.1, 0.15) is 5.58 Å². The molecule has 2 aromatic rings. The van der Waals surface area contributed by atoms with E-state index in [4.69, 9.17) is 4.42 Å². The summed E-state index contributed by atoms with van der Waals surface area (Å²) in [6.07, 6.45) is 0. The van der Waals surface area contributed by atoms with Crippen LogP contribution in [0.3, 0.4) is 0 Å². The first kappa shape index (κ1) is 11.9. The molecule has 2 nitrogen and oxygen atoms in total. The van der Waals surface area contributed by atoms with Crippen LogP contribution in [0.2, 0.25) is 0 Å². The highest BCUT2D eigenvalue weighted by molar-refractivity contribution is 5.81. The van der Waals surface area contributed by atoms with Gasteiger partial charge < -0.3 is 4.42 Å². The van der Waals surface area contributed by atoms with Gasteiger partial charge in [0.05, 0.1) is 0 Å². The Hall–Kier alpha value is -1.57. The van der Waals surface area contributed by atoms with Gasteiger partial charge in [-0.15, -0.1) is 0 Å². The Kier molecular flexibility index (Phi) is 2.61. The van der Waals surface area contributed by atoms with Crippen molar-refractivity contribution in [2.24, 2.45) is 0 Å². The predicted molar refractivity (Wildman–Crippen MR) is 70.7 cm³/mol. The van der Waals surface area contributed by atoms with Crippen molar-refractivity contribution in [3.63, 3.8) is 0 Å². The van der Waals surface area contributed by atoms with E-state index < -0.39 is 0 Å². The zero-order valence-electron chi connectivity index (χ0n) is 11.0. The van der Waals surface area contributed by atoms with Gasteiger partial charge in [-0.05, 0) is 42.5 Å². The molecule has 90 valence electrons. The Morgan fingerprint density at radius 2 is 1.65 bits per heavy atom. The fourth-order valence-corrected chi connectivity index (χ4v) is 1.92. The highest BCUT2D eigenvalue weighted by Gasteiger charge is 2.16. The van der Waals surface area contributed by atoms with Crippen LogP contribution in [0.1, 0.15) is 37.5 Å². The molecule has 0 saturated heterocycles. The Labute approximate surface area is 101 Å². The van der Waals surface area contributed by atoms with Gasteiger partial charge in [-0.3, -0.25) is 0 Å². The molecule has 17 heavy (non-hydrogen) atoms. The van der Waals surface area contributed by atoms with Crippen LogP contribution in [0.4, 0.5) is 0 Å². The van der Waals surface area contributed by atoms with Gasteiger partial charge in [-0.1, -0.05) is 26.8 Å². The minimum Gasteiger partial charge on any atom is -0.423 e. The summed E-state index contributed by atoms with van der Waals surface area (Å²) >= 11 is 0. The molecule has 0 bridgehead atoms. The first-order valence-corrected chi connectivity index (χ1v) is 5.84. The fraction of sp³-hybridized carbons (Fsp3) is 0.400. The van der Waals surface area contributed by atoms with Crippen LogP contribution in [0.15, 0.2) is 27.4 Å². The molecule has 0 radical (unpaired) electrons. The van der Waals surface area contributed by atoms with Crippen LogP contribution in [0, 0.1) is 13.8 Å². The monoisotopic (exact) mass is 230 g/mol. The third kappa shape index (κ3) is 2.12. The van der Waals surface area contributed by atoms with Gasteiger partial charge in [0.15, 0.2) is 0 Å². The number of rotatable bonds is 0.